The number of hydrogen-bond donors (Lipinski definition) is 1. The van der Waals surface area contributed by atoms with Gasteiger partial charge in [-0.1, -0.05) is 18.2 Å². The fourth-order valence-corrected chi connectivity index (χ4v) is 5.11. The molecule has 1 aromatic heterocycles. The Balaban J connectivity index is 1.31. The molecule has 0 bridgehead atoms. The summed E-state index contributed by atoms with van der Waals surface area (Å²) in [6.07, 6.45) is 1.09. The van der Waals surface area contributed by atoms with Gasteiger partial charge in [-0.05, 0) is 43.2 Å². The lowest BCUT2D eigenvalue weighted by Crippen LogP contribution is -2.19. The van der Waals surface area contributed by atoms with Crippen molar-refractivity contribution in [3.63, 3.8) is 0 Å². The molecule has 0 atom stereocenters. The van der Waals surface area contributed by atoms with Crippen LogP contribution in [0.4, 0.5) is 11.4 Å². The predicted molar refractivity (Wildman–Crippen MR) is 112 cm³/mol. The number of aromatic nitrogens is 1. The standard InChI is InChI=1S/C20H21N3OS2/c1-2-23-10-9-14-7-8-15(11-17(14)23)21-19(24)12-25-13-20-22-16-5-3-4-6-18(16)26-20/h3-8,11H,2,9-10,12-13H2,1H3,(H,21,24). The Kier molecular flexibility index (Phi) is 5.13. The minimum atomic E-state index is 0.0390. The first kappa shape index (κ1) is 17.4. The number of carbonyl (C=O) groups excluding carboxylic acids is 1. The number of likely N-dealkylation sites (N-methyl/N-ethyl adjacent to an activating group) is 1. The van der Waals surface area contributed by atoms with Crippen molar-refractivity contribution >= 4 is 50.6 Å². The molecule has 4 nitrogen and oxygen atoms in total. The topological polar surface area (TPSA) is 45.2 Å². The highest BCUT2D eigenvalue weighted by Crippen LogP contribution is 2.30. The maximum atomic E-state index is 12.3. The van der Waals surface area contributed by atoms with E-state index in [2.05, 4.69) is 40.3 Å². The molecule has 0 saturated carbocycles. The Bertz CT molecular complexity index is 905. The molecule has 26 heavy (non-hydrogen) atoms. The maximum Gasteiger partial charge on any atom is 0.234 e. The molecule has 1 amide bonds. The van der Waals surface area contributed by atoms with Gasteiger partial charge in [0.15, 0.2) is 0 Å². The van der Waals surface area contributed by atoms with Gasteiger partial charge in [0.2, 0.25) is 5.91 Å². The van der Waals surface area contributed by atoms with Gasteiger partial charge in [0.05, 0.1) is 16.0 Å². The Morgan fingerprint density at radius 1 is 1.31 bits per heavy atom. The summed E-state index contributed by atoms with van der Waals surface area (Å²) in [5.41, 5.74) is 4.55. The van der Waals surface area contributed by atoms with Gasteiger partial charge in [-0.2, -0.15) is 0 Å². The lowest BCUT2D eigenvalue weighted by Gasteiger charge is -2.17. The van der Waals surface area contributed by atoms with Crippen molar-refractivity contribution in [3.05, 3.63) is 53.0 Å². The number of anilines is 2. The third-order valence-corrected chi connectivity index (χ3v) is 6.70. The van der Waals surface area contributed by atoms with Crippen LogP contribution in [-0.4, -0.2) is 29.7 Å². The molecule has 134 valence electrons. The van der Waals surface area contributed by atoms with Crippen molar-refractivity contribution in [2.45, 2.75) is 19.1 Å². The van der Waals surface area contributed by atoms with Crippen LogP contribution >= 0.6 is 23.1 Å². The van der Waals surface area contributed by atoms with Gasteiger partial charge < -0.3 is 10.2 Å². The zero-order chi connectivity index (χ0) is 17.9. The van der Waals surface area contributed by atoms with Crippen LogP contribution in [0.25, 0.3) is 10.2 Å². The Morgan fingerprint density at radius 2 is 2.19 bits per heavy atom. The van der Waals surface area contributed by atoms with Crippen molar-refractivity contribution in [2.75, 3.05) is 29.1 Å². The SMILES string of the molecule is CCN1CCc2ccc(NC(=O)CSCc3nc4ccccc4s3)cc21. The molecule has 4 rings (SSSR count). The summed E-state index contributed by atoms with van der Waals surface area (Å²) in [6, 6.07) is 14.4. The quantitative estimate of drug-likeness (QED) is 0.678. The monoisotopic (exact) mass is 383 g/mol. The number of hydrogen-bond acceptors (Lipinski definition) is 5. The number of nitrogens with one attached hydrogen (secondary N) is 1. The van der Waals surface area contributed by atoms with Crippen LogP contribution < -0.4 is 10.2 Å². The lowest BCUT2D eigenvalue weighted by atomic mass is 10.1. The van der Waals surface area contributed by atoms with Crippen LogP contribution in [0.3, 0.4) is 0 Å². The van der Waals surface area contributed by atoms with Gasteiger partial charge in [-0.25, -0.2) is 4.98 Å². The molecule has 0 fully saturated rings. The molecule has 2 heterocycles. The van der Waals surface area contributed by atoms with Gasteiger partial charge in [0.1, 0.15) is 5.01 Å². The van der Waals surface area contributed by atoms with E-state index in [-0.39, 0.29) is 5.91 Å². The summed E-state index contributed by atoms with van der Waals surface area (Å²) < 4.78 is 1.20. The van der Waals surface area contributed by atoms with E-state index in [9.17, 15) is 4.79 Å². The van der Waals surface area contributed by atoms with E-state index >= 15 is 0 Å². The van der Waals surface area contributed by atoms with Crippen molar-refractivity contribution < 1.29 is 4.79 Å². The highest BCUT2D eigenvalue weighted by molar-refractivity contribution is 7.99. The number of thioether (sulfide) groups is 1. The van der Waals surface area contributed by atoms with Crippen molar-refractivity contribution in [1.29, 1.82) is 0 Å². The molecular formula is C20H21N3OS2. The molecule has 0 spiro atoms. The molecule has 2 aromatic carbocycles. The number of benzene rings is 2. The maximum absolute atomic E-state index is 12.3. The van der Waals surface area contributed by atoms with Gasteiger partial charge in [-0.15, -0.1) is 23.1 Å². The summed E-state index contributed by atoms with van der Waals surface area (Å²) >= 11 is 3.30. The predicted octanol–water partition coefficient (Wildman–Crippen LogP) is 4.55. The molecule has 1 N–H and O–H groups in total. The van der Waals surface area contributed by atoms with E-state index in [0.29, 0.717) is 5.75 Å². The average molecular weight is 384 g/mol. The molecule has 0 radical (unpaired) electrons. The minimum Gasteiger partial charge on any atom is -0.371 e. The first-order chi connectivity index (χ1) is 12.7. The summed E-state index contributed by atoms with van der Waals surface area (Å²) in [7, 11) is 0. The summed E-state index contributed by atoms with van der Waals surface area (Å²) in [5.74, 6) is 1.24. The molecule has 0 unspecified atom stereocenters. The second kappa shape index (κ2) is 7.68. The smallest absolute Gasteiger partial charge is 0.234 e. The molecule has 0 aliphatic carbocycles. The third kappa shape index (κ3) is 3.71. The fourth-order valence-electron chi connectivity index (χ4n) is 3.26. The van der Waals surface area contributed by atoms with Crippen LogP contribution in [-0.2, 0) is 17.0 Å². The van der Waals surface area contributed by atoms with E-state index in [1.165, 1.54) is 16.0 Å². The summed E-state index contributed by atoms with van der Waals surface area (Å²) in [4.78, 5) is 19.2. The zero-order valence-corrected chi connectivity index (χ0v) is 16.3. The largest absolute Gasteiger partial charge is 0.371 e. The van der Waals surface area contributed by atoms with Gasteiger partial charge in [-0.3, -0.25) is 4.79 Å². The van der Waals surface area contributed by atoms with Gasteiger partial charge >= 0.3 is 0 Å². The fraction of sp³-hybridized carbons (Fsp3) is 0.300. The molecule has 0 saturated heterocycles. The van der Waals surface area contributed by atoms with Crippen molar-refractivity contribution in [2.24, 2.45) is 0 Å². The van der Waals surface area contributed by atoms with Crippen LogP contribution in [0.1, 0.15) is 17.5 Å². The number of fused-ring (bicyclic) bond motifs is 2. The first-order valence-corrected chi connectivity index (χ1v) is 10.8. The van der Waals surface area contributed by atoms with Crippen molar-refractivity contribution in [3.8, 4) is 0 Å². The van der Waals surface area contributed by atoms with Crippen molar-refractivity contribution in [1.82, 2.24) is 4.98 Å². The Morgan fingerprint density at radius 3 is 3.04 bits per heavy atom. The number of nitrogens with zero attached hydrogens (tertiary/aromatic N) is 2. The lowest BCUT2D eigenvalue weighted by molar-refractivity contribution is -0.113. The molecular weight excluding hydrogens is 362 g/mol. The highest BCUT2D eigenvalue weighted by Gasteiger charge is 2.18. The second-order valence-corrected chi connectivity index (χ2v) is 8.39. The van der Waals surface area contributed by atoms with E-state index in [1.807, 2.05) is 24.3 Å². The van der Waals surface area contributed by atoms with E-state index in [0.717, 1.165) is 41.5 Å². The minimum absolute atomic E-state index is 0.0390. The normalized spacial score (nSPS) is 13.2. The van der Waals surface area contributed by atoms with E-state index in [4.69, 9.17) is 0 Å². The second-order valence-electron chi connectivity index (χ2n) is 6.29. The molecule has 3 aromatic rings. The number of thiazole rings is 1. The number of amides is 1. The van der Waals surface area contributed by atoms with Gasteiger partial charge in [0.25, 0.3) is 0 Å². The summed E-state index contributed by atoms with van der Waals surface area (Å²) in [6.45, 7) is 4.24. The average Bonchev–Trinajstić information content (AvgIpc) is 3.24. The van der Waals surface area contributed by atoms with Crippen LogP contribution in [0.5, 0.6) is 0 Å². The van der Waals surface area contributed by atoms with E-state index < -0.39 is 0 Å². The Hall–Kier alpha value is -2.05. The van der Waals surface area contributed by atoms with Gasteiger partial charge in [0, 0.05) is 30.2 Å². The Labute approximate surface area is 161 Å². The van der Waals surface area contributed by atoms with Crippen LogP contribution in [0, 0.1) is 0 Å². The summed E-state index contributed by atoms with van der Waals surface area (Å²) in [5, 5.41) is 4.10. The zero-order valence-electron chi connectivity index (χ0n) is 14.7. The number of carbonyl (C=O) groups is 1. The number of rotatable bonds is 6. The third-order valence-electron chi connectivity index (χ3n) is 4.54. The molecule has 1 aliphatic rings. The van der Waals surface area contributed by atoms with Crippen LogP contribution in [0.15, 0.2) is 42.5 Å². The molecule has 6 heteroatoms. The number of para-hydroxylation sites is 1. The van der Waals surface area contributed by atoms with Crippen LogP contribution in [0.2, 0.25) is 0 Å². The highest BCUT2D eigenvalue weighted by atomic mass is 32.2. The molecule has 1 aliphatic heterocycles. The van der Waals surface area contributed by atoms with E-state index in [1.54, 1.807) is 23.1 Å². The first-order valence-electron chi connectivity index (χ1n) is 8.83.